The Labute approximate surface area is 83.9 Å². The van der Waals surface area contributed by atoms with E-state index in [2.05, 4.69) is 0 Å². The fourth-order valence-corrected chi connectivity index (χ4v) is 1.45. The van der Waals surface area contributed by atoms with Crippen molar-refractivity contribution in [2.75, 3.05) is 0 Å². The summed E-state index contributed by atoms with van der Waals surface area (Å²) in [5, 5.41) is 0. The second-order valence-corrected chi connectivity index (χ2v) is 4.53. The lowest BCUT2D eigenvalue weighted by atomic mass is 9.77. The van der Waals surface area contributed by atoms with Crippen LogP contribution in [0, 0.1) is 11.2 Å². The van der Waals surface area contributed by atoms with E-state index in [1.165, 1.54) is 12.1 Å². The lowest BCUT2D eigenvalue weighted by molar-refractivity contribution is -0.111. The fourth-order valence-electron chi connectivity index (χ4n) is 1.45. The van der Waals surface area contributed by atoms with Gasteiger partial charge in [-0.25, -0.2) is 4.39 Å². The molecule has 2 heteroatoms. The first-order valence-electron chi connectivity index (χ1n) is 4.66. The fraction of sp³-hybridized carbons (Fsp3) is 0.417. The molecule has 0 spiro atoms. The van der Waals surface area contributed by atoms with Crippen molar-refractivity contribution in [2.24, 2.45) is 5.41 Å². The molecule has 0 amide bonds. The van der Waals surface area contributed by atoms with Crippen molar-refractivity contribution >= 4 is 6.29 Å². The molecule has 0 saturated heterocycles. The van der Waals surface area contributed by atoms with Gasteiger partial charge in [-0.1, -0.05) is 32.9 Å². The molecule has 1 nitrogen and oxygen atoms in total. The van der Waals surface area contributed by atoms with Crippen LogP contribution >= 0.6 is 0 Å². The molecule has 0 aliphatic heterocycles. The summed E-state index contributed by atoms with van der Waals surface area (Å²) in [7, 11) is 0. The van der Waals surface area contributed by atoms with Gasteiger partial charge in [0.05, 0.1) is 0 Å². The van der Waals surface area contributed by atoms with Crippen LogP contribution < -0.4 is 0 Å². The molecule has 1 aromatic carbocycles. The first kappa shape index (κ1) is 10.9. The summed E-state index contributed by atoms with van der Waals surface area (Å²) in [4.78, 5) is 10.9. The molecule has 0 N–H and O–H groups in total. The van der Waals surface area contributed by atoms with Crippen LogP contribution in [0.4, 0.5) is 4.39 Å². The van der Waals surface area contributed by atoms with Crippen LogP contribution in [0.1, 0.15) is 32.3 Å². The Balaban J connectivity index is 3.02. The third kappa shape index (κ3) is 2.41. The summed E-state index contributed by atoms with van der Waals surface area (Å²) >= 11 is 0. The number of rotatable bonds is 2. The van der Waals surface area contributed by atoms with Crippen molar-refractivity contribution in [1.29, 1.82) is 0 Å². The zero-order valence-electron chi connectivity index (χ0n) is 8.75. The summed E-state index contributed by atoms with van der Waals surface area (Å²) in [5.41, 5.74) is 0.744. The Bertz CT molecular complexity index is 308. The maximum absolute atomic E-state index is 12.7. The smallest absolute Gasteiger partial charge is 0.127 e. The van der Waals surface area contributed by atoms with Gasteiger partial charge in [-0.05, 0) is 23.1 Å². The average molecular weight is 194 g/mol. The molecule has 1 unspecified atom stereocenters. The predicted molar refractivity (Wildman–Crippen MR) is 54.7 cm³/mol. The molecule has 0 aliphatic rings. The standard InChI is InChI=1S/C12H15FO/c1-12(2,3)11(8-14)9-4-6-10(13)7-5-9/h4-8,11H,1-3H3. The van der Waals surface area contributed by atoms with Crippen LogP contribution in [-0.4, -0.2) is 6.29 Å². The molecule has 76 valence electrons. The molecule has 0 heterocycles. The van der Waals surface area contributed by atoms with Crippen molar-refractivity contribution < 1.29 is 9.18 Å². The lowest BCUT2D eigenvalue weighted by Crippen LogP contribution is -2.19. The van der Waals surface area contributed by atoms with Crippen LogP contribution in [0.3, 0.4) is 0 Å². The van der Waals surface area contributed by atoms with E-state index in [9.17, 15) is 9.18 Å². The Morgan fingerprint density at radius 1 is 1.21 bits per heavy atom. The molecule has 1 aromatic rings. The molecule has 14 heavy (non-hydrogen) atoms. The molecular weight excluding hydrogens is 179 g/mol. The Morgan fingerprint density at radius 3 is 2.07 bits per heavy atom. The zero-order chi connectivity index (χ0) is 10.8. The Hall–Kier alpha value is -1.18. The van der Waals surface area contributed by atoms with Crippen molar-refractivity contribution in [1.82, 2.24) is 0 Å². The number of carbonyl (C=O) groups is 1. The predicted octanol–water partition coefficient (Wildman–Crippen LogP) is 3.15. The molecule has 0 fully saturated rings. The third-order valence-corrected chi connectivity index (χ3v) is 2.30. The molecule has 0 saturated carbocycles. The summed E-state index contributed by atoms with van der Waals surface area (Å²) in [6, 6.07) is 6.11. The van der Waals surface area contributed by atoms with Crippen molar-refractivity contribution in [2.45, 2.75) is 26.7 Å². The molecule has 0 bridgehead atoms. The van der Waals surface area contributed by atoms with E-state index in [0.29, 0.717) is 0 Å². The second-order valence-electron chi connectivity index (χ2n) is 4.53. The minimum atomic E-state index is -0.271. The van der Waals surface area contributed by atoms with E-state index in [1.54, 1.807) is 12.1 Å². The van der Waals surface area contributed by atoms with Gasteiger partial charge in [-0.15, -0.1) is 0 Å². The highest BCUT2D eigenvalue weighted by Gasteiger charge is 2.25. The number of hydrogen-bond donors (Lipinski definition) is 0. The van der Waals surface area contributed by atoms with Crippen molar-refractivity contribution in [3.05, 3.63) is 35.6 Å². The van der Waals surface area contributed by atoms with Gasteiger partial charge in [-0.2, -0.15) is 0 Å². The Morgan fingerprint density at radius 2 is 1.71 bits per heavy atom. The van der Waals surface area contributed by atoms with E-state index in [-0.39, 0.29) is 17.2 Å². The Kier molecular flexibility index (Phi) is 3.04. The third-order valence-electron chi connectivity index (χ3n) is 2.30. The molecule has 0 aliphatic carbocycles. The van der Waals surface area contributed by atoms with Crippen LogP contribution in [0.15, 0.2) is 24.3 Å². The maximum atomic E-state index is 12.7. The minimum absolute atomic E-state index is 0.125. The van der Waals surface area contributed by atoms with Gasteiger partial charge in [-0.3, -0.25) is 0 Å². The van der Waals surface area contributed by atoms with Gasteiger partial charge in [0.15, 0.2) is 0 Å². The molecule has 0 radical (unpaired) electrons. The van der Waals surface area contributed by atoms with E-state index >= 15 is 0 Å². The molecule has 1 atom stereocenters. The van der Waals surface area contributed by atoms with E-state index in [4.69, 9.17) is 0 Å². The summed E-state index contributed by atoms with van der Waals surface area (Å²) in [6.45, 7) is 5.99. The SMILES string of the molecule is CC(C)(C)C(C=O)c1ccc(F)cc1. The molecular formula is C12H15FO. The van der Waals surface area contributed by atoms with Gasteiger partial charge in [0.1, 0.15) is 12.1 Å². The number of hydrogen-bond acceptors (Lipinski definition) is 1. The summed E-state index contributed by atoms with van der Waals surface area (Å²) in [6.07, 6.45) is 0.924. The number of halogens is 1. The molecule has 1 rings (SSSR count). The maximum Gasteiger partial charge on any atom is 0.127 e. The van der Waals surface area contributed by atoms with E-state index in [1.807, 2.05) is 20.8 Å². The number of benzene rings is 1. The topological polar surface area (TPSA) is 17.1 Å². The van der Waals surface area contributed by atoms with Crippen LogP contribution in [0.5, 0.6) is 0 Å². The highest BCUT2D eigenvalue weighted by atomic mass is 19.1. The van der Waals surface area contributed by atoms with Crippen LogP contribution in [0.25, 0.3) is 0 Å². The monoisotopic (exact) mass is 194 g/mol. The largest absolute Gasteiger partial charge is 0.303 e. The van der Waals surface area contributed by atoms with Crippen molar-refractivity contribution in [3.63, 3.8) is 0 Å². The summed E-state index contributed by atoms with van der Waals surface area (Å²) < 4.78 is 12.7. The highest BCUT2D eigenvalue weighted by Crippen LogP contribution is 2.33. The van der Waals surface area contributed by atoms with Gasteiger partial charge in [0.25, 0.3) is 0 Å². The molecule has 0 aromatic heterocycles. The van der Waals surface area contributed by atoms with Crippen molar-refractivity contribution in [3.8, 4) is 0 Å². The van der Waals surface area contributed by atoms with Gasteiger partial charge in [0.2, 0.25) is 0 Å². The summed E-state index contributed by atoms with van der Waals surface area (Å²) in [5.74, 6) is -0.449. The first-order chi connectivity index (χ1) is 6.45. The number of carbonyl (C=O) groups excluding carboxylic acids is 1. The van der Waals surface area contributed by atoms with E-state index < -0.39 is 0 Å². The first-order valence-corrected chi connectivity index (χ1v) is 4.66. The quantitative estimate of drug-likeness (QED) is 0.661. The van der Waals surface area contributed by atoms with E-state index in [0.717, 1.165) is 11.8 Å². The average Bonchev–Trinajstić information content (AvgIpc) is 2.07. The van der Waals surface area contributed by atoms with Gasteiger partial charge >= 0.3 is 0 Å². The van der Waals surface area contributed by atoms with Crippen LogP contribution in [-0.2, 0) is 4.79 Å². The zero-order valence-corrected chi connectivity index (χ0v) is 8.75. The highest BCUT2D eigenvalue weighted by molar-refractivity contribution is 5.63. The normalized spacial score (nSPS) is 13.7. The minimum Gasteiger partial charge on any atom is -0.303 e. The van der Waals surface area contributed by atoms with Gasteiger partial charge < -0.3 is 4.79 Å². The lowest BCUT2D eigenvalue weighted by Gasteiger charge is -2.26. The number of aldehydes is 1. The second kappa shape index (κ2) is 3.91. The van der Waals surface area contributed by atoms with Crippen LogP contribution in [0.2, 0.25) is 0 Å². The van der Waals surface area contributed by atoms with Gasteiger partial charge in [0, 0.05) is 5.92 Å².